The second-order valence-corrected chi connectivity index (χ2v) is 6.48. The molecule has 5 heteroatoms. The minimum atomic E-state index is -0.205. The highest BCUT2D eigenvalue weighted by atomic mass is 16.5. The summed E-state index contributed by atoms with van der Waals surface area (Å²) in [4.78, 5) is 25.7. The van der Waals surface area contributed by atoms with Gasteiger partial charge in [0.25, 0.3) is 0 Å². The molecule has 0 aliphatic heterocycles. The molecular formula is C21H26N2O3. The van der Waals surface area contributed by atoms with Gasteiger partial charge in [0.2, 0.25) is 11.8 Å². The summed E-state index contributed by atoms with van der Waals surface area (Å²) in [5.74, 6) is 0.821. The van der Waals surface area contributed by atoms with Crippen LogP contribution in [0.2, 0.25) is 0 Å². The van der Waals surface area contributed by atoms with Gasteiger partial charge in [0, 0.05) is 19.2 Å². The van der Waals surface area contributed by atoms with Crippen molar-refractivity contribution in [2.75, 3.05) is 18.6 Å². The molecule has 0 aliphatic rings. The fourth-order valence-electron chi connectivity index (χ4n) is 2.57. The largest absolute Gasteiger partial charge is 0.497 e. The van der Waals surface area contributed by atoms with E-state index in [0.717, 1.165) is 17.0 Å². The second-order valence-electron chi connectivity index (χ2n) is 6.48. The lowest BCUT2D eigenvalue weighted by molar-refractivity contribution is -0.123. The summed E-state index contributed by atoms with van der Waals surface area (Å²) < 4.78 is 5.11. The van der Waals surface area contributed by atoms with E-state index in [9.17, 15) is 9.59 Å². The molecule has 0 atom stereocenters. The summed E-state index contributed by atoms with van der Waals surface area (Å²) in [5, 5.41) is 2.85. The minimum Gasteiger partial charge on any atom is -0.497 e. The van der Waals surface area contributed by atoms with Crippen LogP contribution in [0.1, 0.15) is 37.8 Å². The summed E-state index contributed by atoms with van der Waals surface area (Å²) >= 11 is 0. The molecule has 138 valence electrons. The molecule has 2 amide bonds. The minimum absolute atomic E-state index is 0.00743. The van der Waals surface area contributed by atoms with Crippen LogP contribution in [0, 0.1) is 0 Å². The average Bonchev–Trinajstić information content (AvgIpc) is 2.64. The Balaban J connectivity index is 1.97. The molecule has 0 saturated carbocycles. The first-order valence-electron chi connectivity index (χ1n) is 8.68. The van der Waals surface area contributed by atoms with Crippen LogP contribution in [-0.4, -0.2) is 25.5 Å². The Morgan fingerprint density at radius 2 is 1.65 bits per heavy atom. The predicted molar refractivity (Wildman–Crippen MR) is 103 cm³/mol. The van der Waals surface area contributed by atoms with Gasteiger partial charge in [-0.1, -0.05) is 38.1 Å². The van der Waals surface area contributed by atoms with Crippen LogP contribution >= 0.6 is 0 Å². The highest BCUT2D eigenvalue weighted by molar-refractivity contribution is 5.97. The van der Waals surface area contributed by atoms with Crippen LogP contribution in [-0.2, 0) is 16.1 Å². The van der Waals surface area contributed by atoms with Crippen molar-refractivity contribution in [3.63, 3.8) is 0 Å². The number of rotatable bonds is 7. The van der Waals surface area contributed by atoms with E-state index in [1.54, 1.807) is 7.11 Å². The van der Waals surface area contributed by atoms with E-state index in [4.69, 9.17) is 4.74 Å². The summed E-state index contributed by atoms with van der Waals surface area (Å²) in [6.45, 7) is 6.09. The second kappa shape index (κ2) is 9.04. The predicted octanol–water partition coefficient (Wildman–Crippen LogP) is 3.49. The van der Waals surface area contributed by atoms with Crippen molar-refractivity contribution in [2.45, 2.75) is 33.2 Å². The molecule has 0 aliphatic carbocycles. The van der Waals surface area contributed by atoms with E-state index in [1.807, 2.05) is 48.5 Å². The number of nitrogens with zero attached hydrogens (tertiary/aromatic N) is 1. The van der Waals surface area contributed by atoms with E-state index in [2.05, 4.69) is 19.2 Å². The van der Waals surface area contributed by atoms with Crippen LogP contribution in [0.4, 0.5) is 5.69 Å². The van der Waals surface area contributed by atoms with Gasteiger partial charge in [0.1, 0.15) is 12.3 Å². The van der Waals surface area contributed by atoms with Crippen molar-refractivity contribution < 1.29 is 14.3 Å². The fourth-order valence-corrected chi connectivity index (χ4v) is 2.57. The van der Waals surface area contributed by atoms with Gasteiger partial charge in [0.15, 0.2) is 0 Å². The fraction of sp³-hybridized carbons (Fsp3) is 0.333. The third-order valence-corrected chi connectivity index (χ3v) is 4.20. The van der Waals surface area contributed by atoms with Crippen LogP contribution < -0.4 is 15.0 Å². The van der Waals surface area contributed by atoms with E-state index in [0.29, 0.717) is 12.5 Å². The van der Waals surface area contributed by atoms with Gasteiger partial charge in [-0.05, 0) is 41.3 Å². The molecule has 26 heavy (non-hydrogen) atoms. The maximum absolute atomic E-state index is 12.3. The molecule has 0 unspecified atom stereocenters. The van der Waals surface area contributed by atoms with E-state index >= 15 is 0 Å². The first kappa shape index (κ1) is 19.5. The topological polar surface area (TPSA) is 58.6 Å². The number of carbonyl (C=O) groups is 2. The quantitative estimate of drug-likeness (QED) is 0.828. The standard InChI is InChI=1S/C21H26N2O3/c1-15(2)18-7-9-19(10-8-18)23(16(3)24)14-21(25)22-13-17-5-11-20(26-4)12-6-17/h5-12,15H,13-14H2,1-4H3,(H,22,25). The smallest absolute Gasteiger partial charge is 0.240 e. The number of ether oxygens (including phenoxy) is 1. The summed E-state index contributed by atoms with van der Waals surface area (Å²) in [6.07, 6.45) is 0. The average molecular weight is 354 g/mol. The van der Waals surface area contributed by atoms with E-state index in [1.165, 1.54) is 17.4 Å². The molecule has 2 aromatic rings. The highest BCUT2D eigenvalue weighted by Crippen LogP contribution is 2.20. The number of hydrogen-bond acceptors (Lipinski definition) is 3. The monoisotopic (exact) mass is 354 g/mol. The number of hydrogen-bond donors (Lipinski definition) is 1. The summed E-state index contributed by atoms with van der Waals surface area (Å²) in [6, 6.07) is 15.2. The Morgan fingerprint density at radius 1 is 1.04 bits per heavy atom. The first-order valence-corrected chi connectivity index (χ1v) is 8.68. The Hall–Kier alpha value is -2.82. The Labute approximate surface area is 155 Å². The summed E-state index contributed by atoms with van der Waals surface area (Å²) in [5.41, 5.74) is 2.89. The zero-order chi connectivity index (χ0) is 19.1. The SMILES string of the molecule is COc1ccc(CNC(=O)CN(C(C)=O)c2ccc(C(C)C)cc2)cc1. The Kier molecular flexibility index (Phi) is 6.78. The van der Waals surface area contributed by atoms with Gasteiger partial charge in [-0.2, -0.15) is 0 Å². The normalized spacial score (nSPS) is 10.5. The number of carbonyl (C=O) groups excluding carboxylic acids is 2. The molecule has 0 radical (unpaired) electrons. The number of anilines is 1. The molecule has 5 nitrogen and oxygen atoms in total. The first-order chi connectivity index (χ1) is 12.4. The van der Waals surface area contributed by atoms with Gasteiger partial charge in [0.05, 0.1) is 7.11 Å². The zero-order valence-electron chi connectivity index (χ0n) is 15.8. The third-order valence-electron chi connectivity index (χ3n) is 4.20. The van der Waals surface area contributed by atoms with Crippen molar-refractivity contribution >= 4 is 17.5 Å². The van der Waals surface area contributed by atoms with Gasteiger partial charge in [-0.3, -0.25) is 9.59 Å². The van der Waals surface area contributed by atoms with Crippen molar-refractivity contribution in [3.05, 3.63) is 59.7 Å². The molecular weight excluding hydrogens is 328 g/mol. The van der Waals surface area contributed by atoms with E-state index in [-0.39, 0.29) is 18.4 Å². The molecule has 1 N–H and O–H groups in total. The lowest BCUT2D eigenvalue weighted by Gasteiger charge is -2.21. The zero-order valence-corrected chi connectivity index (χ0v) is 15.8. The number of amides is 2. The highest BCUT2D eigenvalue weighted by Gasteiger charge is 2.16. The van der Waals surface area contributed by atoms with Crippen LogP contribution in [0.3, 0.4) is 0 Å². The molecule has 0 saturated heterocycles. The van der Waals surface area contributed by atoms with Gasteiger partial charge in [-0.15, -0.1) is 0 Å². The molecule has 2 aromatic carbocycles. The van der Waals surface area contributed by atoms with Crippen molar-refractivity contribution in [2.24, 2.45) is 0 Å². The number of methoxy groups -OCH3 is 1. The lowest BCUT2D eigenvalue weighted by atomic mass is 10.0. The maximum Gasteiger partial charge on any atom is 0.240 e. The molecule has 2 rings (SSSR count). The Morgan fingerprint density at radius 3 is 2.15 bits per heavy atom. The van der Waals surface area contributed by atoms with Crippen molar-refractivity contribution in [3.8, 4) is 5.75 Å². The molecule has 0 spiro atoms. The van der Waals surface area contributed by atoms with Crippen molar-refractivity contribution in [1.82, 2.24) is 5.32 Å². The molecule has 0 fully saturated rings. The van der Waals surface area contributed by atoms with Crippen LogP contribution in [0.15, 0.2) is 48.5 Å². The summed E-state index contributed by atoms with van der Waals surface area (Å²) in [7, 11) is 1.61. The lowest BCUT2D eigenvalue weighted by Crippen LogP contribution is -2.39. The van der Waals surface area contributed by atoms with Gasteiger partial charge in [-0.25, -0.2) is 0 Å². The van der Waals surface area contributed by atoms with E-state index < -0.39 is 0 Å². The number of nitrogens with one attached hydrogen (secondary N) is 1. The maximum atomic E-state index is 12.3. The third kappa shape index (κ3) is 5.34. The van der Waals surface area contributed by atoms with Crippen LogP contribution in [0.25, 0.3) is 0 Å². The molecule has 0 bridgehead atoms. The van der Waals surface area contributed by atoms with Crippen molar-refractivity contribution in [1.29, 1.82) is 0 Å². The molecule has 0 heterocycles. The van der Waals surface area contributed by atoms with Gasteiger partial charge < -0.3 is 15.0 Å². The van der Waals surface area contributed by atoms with Gasteiger partial charge >= 0.3 is 0 Å². The number of benzene rings is 2. The Bertz CT molecular complexity index is 737. The molecule has 0 aromatic heterocycles. The van der Waals surface area contributed by atoms with Crippen LogP contribution in [0.5, 0.6) is 5.75 Å².